The van der Waals surface area contributed by atoms with Gasteiger partial charge in [-0.3, -0.25) is 9.59 Å². The van der Waals surface area contributed by atoms with E-state index < -0.39 is 11.7 Å². The highest BCUT2D eigenvalue weighted by atomic mass is 35.5. The highest BCUT2D eigenvalue weighted by Gasteiger charge is 2.42. The van der Waals surface area contributed by atoms with Crippen molar-refractivity contribution in [3.8, 4) is 16.3 Å². The first-order valence-electron chi connectivity index (χ1n) is 11.3. The number of hydrogen-bond acceptors (Lipinski definition) is 6. The van der Waals surface area contributed by atoms with Crippen molar-refractivity contribution >= 4 is 51.9 Å². The van der Waals surface area contributed by atoms with Crippen molar-refractivity contribution in [3.05, 3.63) is 75.0 Å². The van der Waals surface area contributed by atoms with Crippen LogP contribution in [0.15, 0.2) is 42.7 Å². The molecule has 188 valence electrons. The molecule has 3 aromatic heterocycles. The number of H-pyrrole nitrogens is 1. The summed E-state index contributed by atoms with van der Waals surface area (Å²) in [4.78, 5) is 35.7. The Balaban J connectivity index is 1.32. The minimum absolute atomic E-state index is 0.0544. The summed E-state index contributed by atoms with van der Waals surface area (Å²) in [5.41, 5.74) is 7.24. The molecule has 2 aliphatic heterocycles. The molecule has 2 aliphatic rings. The molecule has 1 fully saturated rings. The first kappa shape index (κ1) is 23.8. The summed E-state index contributed by atoms with van der Waals surface area (Å²) in [5.74, 6) is -0.693. The number of aromatic amines is 1. The zero-order chi connectivity index (χ0) is 25.8. The van der Waals surface area contributed by atoms with Crippen molar-refractivity contribution in [1.82, 2.24) is 29.9 Å². The Hall–Kier alpha value is -3.54. The van der Waals surface area contributed by atoms with Crippen LogP contribution in [0, 0.1) is 5.82 Å². The lowest BCUT2D eigenvalue weighted by molar-refractivity contribution is -0.129. The summed E-state index contributed by atoms with van der Waals surface area (Å²) >= 11 is 13.3. The summed E-state index contributed by atoms with van der Waals surface area (Å²) in [6.45, 7) is 0. The molecule has 0 spiro atoms. The fourth-order valence-electron chi connectivity index (χ4n) is 5.04. The third-order valence-corrected chi connectivity index (χ3v) is 8.24. The maximum atomic E-state index is 15.3. The summed E-state index contributed by atoms with van der Waals surface area (Å²) in [7, 11) is 0. The van der Waals surface area contributed by atoms with Gasteiger partial charge in [0.05, 0.1) is 44.6 Å². The molecule has 9 nitrogen and oxygen atoms in total. The quantitative estimate of drug-likeness (QED) is 0.365. The Morgan fingerprint density at radius 2 is 2.05 bits per heavy atom. The second kappa shape index (κ2) is 9.09. The minimum Gasteiger partial charge on any atom is -0.365 e. The summed E-state index contributed by atoms with van der Waals surface area (Å²) in [5, 5.41) is 7.83. The molecular formula is C24H18Cl2FN7O2S. The van der Waals surface area contributed by atoms with Gasteiger partial charge in [-0.1, -0.05) is 28.4 Å². The standard InChI is InChI=1S/C24H18Cl2FN7O2S/c25-13-2-4-15(33-10-19(26)31-32-33)21(22(13)27)11-7-12-1-3-16(34(12)20(35)8-11)24-29-9-14(30-24)17-5-6-18(37-17)23(28)36/h2,4-6,8-10,12,16H,1,3,7H2,(H2,28,36)(H,29,30)/t12-,16+/m1/s1. The van der Waals surface area contributed by atoms with Gasteiger partial charge in [-0.2, -0.15) is 0 Å². The van der Waals surface area contributed by atoms with E-state index in [0.29, 0.717) is 34.8 Å². The van der Waals surface area contributed by atoms with Gasteiger partial charge in [0.15, 0.2) is 11.0 Å². The van der Waals surface area contributed by atoms with Crippen molar-refractivity contribution in [2.24, 2.45) is 5.73 Å². The average molecular weight is 558 g/mol. The number of halogens is 3. The maximum absolute atomic E-state index is 15.3. The lowest BCUT2D eigenvalue weighted by Crippen LogP contribution is -2.39. The number of carbonyl (C=O) groups excluding carboxylic acids is 2. The number of nitrogens with one attached hydrogen (secondary N) is 1. The van der Waals surface area contributed by atoms with Crippen LogP contribution >= 0.6 is 34.5 Å². The molecule has 0 unspecified atom stereocenters. The Morgan fingerprint density at radius 3 is 2.78 bits per heavy atom. The lowest BCUT2D eigenvalue weighted by atomic mass is 9.92. The molecule has 1 saturated heterocycles. The van der Waals surface area contributed by atoms with E-state index in [2.05, 4.69) is 20.3 Å². The molecule has 6 rings (SSSR count). The van der Waals surface area contributed by atoms with Crippen molar-refractivity contribution < 1.29 is 14.0 Å². The third kappa shape index (κ3) is 4.12. The Kier molecular flexibility index (Phi) is 5.85. The normalized spacial score (nSPS) is 19.3. The monoisotopic (exact) mass is 557 g/mol. The van der Waals surface area contributed by atoms with Crippen LogP contribution in [-0.2, 0) is 4.79 Å². The number of carbonyl (C=O) groups is 2. The molecule has 0 aliphatic carbocycles. The van der Waals surface area contributed by atoms with Gasteiger partial charge in [0.25, 0.3) is 5.91 Å². The molecule has 1 aromatic carbocycles. The van der Waals surface area contributed by atoms with Crippen LogP contribution in [0.2, 0.25) is 10.2 Å². The number of hydrogen-bond donors (Lipinski definition) is 2. The first-order valence-corrected chi connectivity index (χ1v) is 12.9. The lowest BCUT2D eigenvalue weighted by Gasteiger charge is -2.33. The van der Waals surface area contributed by atoms with Crippen molar-refractivity contribution in [2.75, 3.05) is 0 Å². The zero-order valence-electron chi connectivity index (χ0n) is 19.0. The van der Waals surface area contributed by atoms with Crippen molar-refractivity contribution in [2.45, 2.75) is 31.3 Å². The van der Waals surface area contributed by atoms with Crippen LogP contribution in [0.5, 0.6) is 0 Å². The van der Waals surface area contributed by atoms with Crippen LogP contribution in [0.1, 0.15) is 46.4 Å². The average Bonchev–Trinajstić information content (AvgIpc) is 3.66. The molecule has 5 heterocycles. The molecule has 2 atom stereocenters. The number of nitrogens with zero attached hydrogens (tertiary/aromatic N) is 5. The first-order chi connectivity index (χ1) is 17.8. The summed E-state index contributed by atoms with van der Waals surface area (Å²) in [6.07, 6.45) is 6.46. The second-order valence-electron chi connectivity index (χ2n) is 8.82. The van der Waals surface area contributed by atoms with Gasteiger partial charge >= 0.3 is 0 Å². The van der Waals surface area contributed by atoms with Crippen LogP contribution in [0.4, 0.5) is 4.39 Å². The molecule has 3 N–H and O–H groups in total. The predicted octanol–water partition coefficient (Wildman–Crippen LogP) is 4.78. The molecule has 13 heteroatoms. The van der Waals surface area contributed by atoms with Crippen molar-refractivity contribution in [1.29, 1.82) is 0 Å². The zero-order valence-corrected chi connectivity index (χ0v) is 21.3. The number of thiophene rings is 1. The largest absolute Gasteiger partial charge is 0.365 e. The second-order valence-corrected chi connectivity index (χ2v) is 10.7. The van der Waals surface area contributed by atoms with Gasteiger partial charge in [-0.05, 0) is 49.1 Å². The van der Waals surface area contributed by atoms with E-state index in [1.54, 1.807) is 29.3 Å². The van der Waals surface area contributed by atoms with Gasteiger partial charge in [0, 0.05) is 17.7 Å². The number of imidazole rings is 1. The van der Waals surface area contributed by atoms with E-state index in [0.717, 1.165) is 17.0 Å². The van der Waals surface area contributed by atoms with Gasteiger partial charge in [-0.15, -0.1) is 16.4 Å². The topological polar surface area (TPSA) is 123 Å². The van der Waals surface area contributed by atoms with Gasteiger partial charge < -0.3 is 15.6 Å². The number of benzene rings is 1. The van der Waals surface area contributed by atoms with Crippen LogP contribution in [0.25, 0.3) is 21.8 Å². The molecule has 0 saturated carbocycles. The predicted molar refractivity (Wildman–Crippen MR) is 137 cm³/mol. The van der Waals surface area contributed by atoms with E-state index in [-0.39, 0.29) is 33.7 Å². The smallest absolute Gasteiger partial charge is 0.258 e. The van der Waals surface area contributed by atoms with E-state index in [9.17, 15) is 9.59 Å². The van der Waals surface area contributed by atoms with Gasteiger partial charge in [0.2, 0.25) is 5.91 Å². The number of aromatic nitrogens is 5. The molecule has 2 amide bonds. The van der Waals surface area contributed by atoms with Gasteiger partial charge in [-0.25, -0.2) is 14.1 Å². The highest BCUT2D eigenvalue weighted by molar-refractivity contribution is 7.17. The number of primary amides is 1. The van der Waals surface area contributed by atoms with Crippen molar-refractivity contribution in [3.63, 3.8) is 0 Å². The number of nitrogens with two attached hydrogens (primary N) is 1. The van der Waals surface area contributed by atoms with E-state index >= 15 is 4.39 Å². The molecule has 0 bridgehead atoms. The van der Waals surface area contributed by atoms with E-state index in [4.69, 9.17) is 28.9 Å². The minimum atomic E-state index is -0.630. The van der Waals surface area contributed by atoms with Crippen LogP contribution < -0.4 is 5.73 Å². The molecule has 0 radical (unpaired) electrons. The Labute approximate surface area is 223 Å². The number of rotatable bonds is 5. The maximum Gasteiger partial charge on any atom is 0.258 e. The Bertz CT molecular complexity index is 1590. The fraction of sp³-hybridized carbons (Fsp3) is 0.208. The molecule has 37 heavy (non-hydrogen) atoms. The molecular weight excluding hydrogens is 540 g/mol. The molecule has 4 aromatic rings. The summed E-state index contributed by atoms with van der Waals surface area (Å²) in [6, 6.07) is 6.14. The van der Waals surface area contributed by atoms with Gasteiger partial charge in [0.1, 0.15) is 5.82 Å². The highest BCUT2D eigenvalue weighted by Crippen LogP contribution is 2.44. The van der Waals surface area contributed by atoms with Crippen LogP contribution in [-0.4, -0.2) is 47.7 Å². The fourth-order valence-corrected chi connectivity index (χ4v) is 6.15. The van der Waals surface area contributed by atoms with E-state index in [1.807, 2.05) is 0 Å². The van der Waals surface area contributed by atoms with E-state index in [1.165, 1.54) is 34.4 Å². The summed E-state index contributed by atoms with van der Waals surface area (Å²) < 4.78 is 16.7. The SMILES string of the molecule is NC(=O)c1ccc(-c2cnc([C@@H]3CC[C@@H]4CC(c5c(-n6cc(Cl)nn6)ccc(Cl)c5F)=CC(=O)N43)[nH]2)s1. The number of amides is 2. The van der Waals surface area contributed by atoms with Crippen LogP contribution in [0.3, 0.4) is 0 Å². The third-order valence-electron chi connectivity index (χ3n) is 6.64. The Morgan fingerprint density at radius 1 is 1.22 bits per heavy atom. The number of fused-ring (bicyclic) bond motifs is 1.